The first-order valence-corrected chi connectivity index (χ1v) is 6.54. The summed E-state index contributed by atoms with van der Waals surface area (Å²) in [5, 5.41) is 11.9. The van der Waals surface area contributed by atoms with Crippen LogP contribution in [0.2, 0.25) is 0 Å². The van der Waals surface area contributed by atoms with E-state index < -0.39 is 0 Å². The van der Waals surface area contributed by atoms with Gasteiger partial charge in [-0.25, -0.2) is 0 Å². The van der Waals surface area contributed by atoms with E-state index in [0.717, 1.165) is 31.6 Å². The maximum absolute atomic E-state index is 8.43. The van der Waals surface area contributed by atoms with Gasteiger partial charge in [-0.15, -0.1) is 12.3 Å². The average molecular weight is 256 g/mol. The highest BCUT2D eigenvalue weighted by molar-refractivity contribution is 5.29. The highest BCUT2D eigenvalue weighted by atomic mass is 16.5. The summed E-state index contributed by atoms with van der Waals surface area (Å²) in [6.45, 7) is 3.18. The Hall–Kier alpha value is -1.97. The van der Waals surface area contributed by atoms with Crippen LogP contribution in [0.25, 0.3) is 0 Å². The van der Waals surface area contributed by atoms with E-state index in [0.29, 0.717) is 6.04 Å². The Balaban J connectivity index is 2.34. The summed E-state index contributed by atoms with van der Waals surface area (Å²) in [5.74, 6) is 3.37. The lowest BCUT2D eigenvalue weighted by Crippen LogP contribution is -2.19. The lowest BCUT2D eigenvalue weighted by Gasteiger charge is -2.14. The Morgan fingerprint density at radius 3 is 2.68 bits per heavy atom. The van der Waals surface area contributed by atoms with E-state index >= 15 is 0 Å². The van der Waals surface area contributed by atoms with Crippen LogP contribution in [0.1, 0.15) is 37.8 Å². The van der Waals surface area contributed by atoms with Crippen molar-refractivity contribution in [3.63, 3.8) is 0 Å². The van der Waals surface area contributed by atoms with Crippen molar-refractivity contribution in [2.75, 3.05) is 13.2 Å². The molecule has 3 heteroatoms. The fourth-order valence-electron chi connectivity index (χ4n) is 1.76. The Morgan fingerprint density at radius 2 is 2.05 bits per heavy atom. The second-order valence-electron chi connectivity index (χ2n) is 4.35. The molecule has 0 saturated heterocycles. The van der Waals surface area contributed by atoms with Crippen LogP contribution in [-0.4, -0.2) is 13.2 Å². The number of nitrogens with one attached hydrogen (secondary N) is 1. The number of hydrogen-bond donors (Lipinski definition) is 1. The molecule has 100 valence electrons. The van der Waals surface area contributed by atoms with Gasteiger partial charge in [0.1, 0.15) is 11.8 Å². The molecule has 1 unspecified atom stereocenters. The molecule has 3 nitrogen and oxygen atoms in total. The molecule has 0 heterocycles. The van der Waals surface area contributed by atoms with E-state index in [-0.39, 0.29) is 6.61 Å². The first kappa shape index (κ1) is 15.1. The number of hydrogen-bond acceptors (Lipinski definition) is 3. The predicted octanol–water partition coefficient (Wildman–Crippen LogP) is 3.04. The highest BCUT2D eigenvalue weighted by Gasteiger charge is 2.04. The average Bonchev–Trinajstić information content (AvgIpc) is 2.45. The van der Waals surface area contributed by atoms with E-state index in [1.807, 2.05) is 30.3 Å². The Labute approximate surface area is 115 Å². The third-order valence-electron chi connectivity index (χ3n) is 2.88. The van der Waals surface area contributed by atoms with Gasteiger partial charge in [0.15, 0.2) is 6.61 Å². The first-order chi connectivity index (χ1) is 9.27. The van der Waals surface area contributed by atoms with Gasteiger partial charge in [0.2, 0.25) is 0 Å². The molecule has 1 aromatic carbocycles. The summed E-state index contributed by atoms with van der Waals surface area (Å²) in [6.07, 6.45) is 8.22. The molecular weight excluding hydrogens is 236 g/mol. The SMILES string of the molecule is C#CCCCCNC(C)c1ccc(OCC#N)cc1. The number of unbranched alkanes of at least 4 members (excludes halogenated alkanes) is 2. The predicted molar refractivity (Wildman–Crippen MR) is 76.7 cm³/mol. The van der Waals surface area contributed by atoms with Gasteiger partial charge in [0, 0.05) is 12.5 Å². The topological polar surface area (TPSA) is 45.0 Å². The van der Waals surface area contributed by atoms with Crippen LogP contribution in [-0.2, 0) is 0 Å². The van der Waals surface area contributed by atoms with Crippen molar-refractivity contribution >= 4 is 0 Å². The number of nitriles is 1. The maximum Gasteiger partial charge on any atom is 0.174 e. The Bertz CT molecular complexity index is 439. The third kappa shape index (κ3) is 5.95. The number of terminal acetylenes is 1. The minimum atomic E-state index is 0.0856. The second kappa shape index (κ2) is 9.03. The molecule has 0 amide bonds. The van der Waals surface area contributed by atoms with Crippen molar-refractivity contribution < 1.29 is 4.74 Å². The summed E-state index contributed by atoms with van der Waals surface area (Å²) in [7, 11) is 0. The fourth-order valence-corrected chi connectivity index (χ4v) is 1.76. The number of benzene rings is 1. The zero-order chi connectivity index (χ0) is 13.9. The molecule has 0 spiro atoms. The van der Waals surface area contributed by atoms with Crippen LogP contribution in [0.15, 0.2) is 24.3 Å². The molecular formula is C16H20N2O. The Morgan fingerprint density at radius 1 is 1.32 bits per heavy atom. The van der Waals surface area contributed by atoms with Crippen LogP contribution in [0, 0.1) is 23.7 Å². The molecule has 0 aliphatic heterocycles. The molecule has 0 saturated carbocycles. The minimum Gasteiger partial charge on any atom is -0.479 e. The van der Waals surface area contributed by atoms with Crippen molar-refractivity contribution in [2.45, 2.75) is 32.2 Å². The molecule has 0 bridgehead atoms. The fraction of sp³-hybridized carbons (Fsp3) is 0.438. The molecule has 0 aliphatic carbocycles. The Kier molecular flexibility index (Phi) is 7.17. The molecule has 0 aromatic heterocycles. The lowest BCUT2D eigenvalue weighted by atomic mass is 10.1. The normalized spacial score (nSPS) is 11.3. The molecule has 1 N–H and O–H groups in total. The first-order valence-electron chi connectivity index (χ1n) is 6.54. The molecule has 19 heavy (non-hydrogen) atoms. The molecule has 1 atom stereocenters. The van der Waals surface area contributed by atoms with Gasteiger partial charge in [-0.1, -0.05) is 12.1 Å². The summed E-state index contributed by atoms with van der Waals surface area (Å²) < 4.78 is 5.22. The highest BCUT2D eigenvalue weighted by Crippen LogP contribution is 2.17. The van der Waals surface area contributed by atoms with Crippen molar-refractivity contribution in [3.05, 3.63) is 29.8 Å². The summed E-state index contributed by atoms with van der Waals surface area (Å²) in [6, 6.07) is 10.1. The third-order valence-corrected chi connectivity index (χ3v) is 2.88. The second-order valence-corrected chi connectivity index (χ2v) is 4.35. The zero-order valence-electron chi connectivity index (χ0n) is 11.4. The van der Waals surface area contributed by atoms with E-state index in [9.17, 15) is 0 Å². The number of rotatable bonds is 8. The van der Waals surface area contributed by atoms with Gasteiger partial charge in [0.25, 0.3) is 0 Å². The zero-order valence-corrected chi connectivity index (χ0v) is 11.4. The largest absolute Gasteiger partial charge is 0.479 e. The molecule has 0 fully saturated rings. The maximum atomic E-state index is 8.43. The van der Waals surface area contributed by atoms with Crippen LogP contribution in [0.4, 0.5) is 0 Å². The monoisotopic (exact) mass is 256 g/mol. The van der Waals surface area contributed by atoms with E-state index in [1.54, 1.807) is 0 Å². The van der Waals surface area contributed by atoms with Crippen molar-refractivity contribution in [3.8, 4) is 24.2 Å². The van der Waals surface area contributed by atoms with E-state index in [4.69, 9.17) is 16.4 Å². The van der Waals surface area contributed by atoms with Crippen LogP contribution >= 0.6 is 0 Å². The molecule has 1 aromatic rings. The number of ether oxygens (including phenoxy) is 1. The van der Waals surface area contributed by atoms with Gasteiger partial charge in [-0.05, 0) is 44.0 Å². The van der Waals surface area contributed by atoms with Crippen LogP contribution < -0.4 is 10.1 Å². The van der Waals surface area contributed by atoms with Crippen LogP contribution in [0.5, 0.6) is 5.75 Å². The lowest BCUT2D eigenvalue weighted by molar-refractivity contribution is 0.368. The quantitative estimate of drug-likeness (QED) is 0.574. The molecule has 0 radical (unpaired) electrons. The summed E-state index contributed by atoms with van der Waals surface area (Å²) in [5.41, 5.74) is 1.21. The van der Waals surface area contributed by atoms with Crippen molar-refractivity contribution in [2.24, 2.45) is 0 Å². The van der Waals surface area contributed by atoms with Gasteiger partial charge >= 0.3 is 0 Å². The minimum absolute atomic E-state index is 0.0856. The summed E-state index contributed by atoms with van der Waals surface area (Å²) in [4.78, 5) is 0. The van der Waals surface area contributed by atoms with Gasteiger partial charge < -0.3 is 10.1 Å². The van der Waals surface area contributed by atoms with Gasteiger partial charge in [-0.2, -0.15) is 5.26 Å². The van der Waals surface area contributed by atoms with Crippen molar-refractivity contribution in [1.82, 2.24) is 5.32 Å². The number of nitrogens with zero attached hydrogens (tertiary/aromatic N) is 1. The van der Waals surface area contributed by atoms with E-state index in [1.165, 1.54) is 5.56 Å². The van der Waals surface area contributed by atoms with Gasteiger partial charge in [-0.3, -0.25) is 0 Å². The molecule has 0 aliphatic rings. The standard InChI is InChI=1S/C16H20N2O/c1-3-4-5-6-12-18-14(2)15-7-9-16(10-8-15)19-13-11-17/h1,7-10,14,18H,4-6,12-13H2,2H3. The smallest absolute Gasteiger partial charge is 0.174 e. The van der Waals surface area contributed by atoms with Gasteiger partial charge in [0.05, 0.1) is 0 Å². The molecule has 1 rings (SSSR count). The van der Waals surface area contributed by atoms with Crippen LogP contribution in [0.3, 0.4) is 0 Å². The van der Waals surface area contributed by atoms with Crippen molar-refractivity contribution in [1.29, 1.82) is 5.26 Å². The summed E-state index contributed by atoms with van der Waals surface area (Å²) >= 11 is 0. The van der Waals surface area contributed by atoms with E-state index in [2.05, 4.69) is 18.2 Å².